The van der Waals surface area contributed by atoms with Crippen LogP contribution >= 0.6 is 11.6 Å². The van der Waals surface area contributed by atoms with E-state index in [9.17, 15) is 4.79 Å². The van der Waals surface area contributed by atoms with Crippen molar-refractivity contribution in [2.45, 2.75) is 12.5 Å². The molecule has 1 fully saturated rings. The fourth-order valence-electron chi connectivity index (χ4n) is 2.52. The number of nitrogens with one attached hydrogen (secondary N) is 1. The Morgan fingerprint density at radius 1 is 1.50 bits per heavy atom. The molecule has 0 aliphatic carbocycles. The number of likely N-dealkylation sites (tertiary alicyclic amines) is 1. The highest BCUT2D eigenvalue weighted by atomic mass is 35.5. The van der Waals surface area contributed by atoms with Crippen molar-refractivity contribution in [1.82, 2.24) is 9.88 Å². The van der Waals surface area contributed by atoms with Gasteiger partial charge in [-0.2, -0.15) is 0 Å². The number of hydrogen-bond acceptors (Lipinski definition) is 3. The Hall–Kier alpha value is -2.01. The number of fused-ring (bicyclic) bond motifs is 1. The van der Waals surface area contributed by atoms with Crippen LogP contribution in [0.5, 0.6) is 0 Å². The maximum absolute atomic E-state index is 10.9. The van der Waals surface area contributed by atoms with E-state index in [1.165, 1.54) is 4.90 Å². The minimum atomic E-state index is -0.866. The highest BCUT2D eigenvalue weighted by Gasteiger charge is 2.25. The van der Waals surface area contributed by atoms with E-state index in [-0.39, 0.29) is 6.04 Å². The van der Waals surface area contributed by atoms with Crippen LogP contribution in [0.1, 0.15) is 6.42 Å². The average molecular weight is 292 g/mol. The van der Waals surface area contributed by atoms with E-state index >= 15 is 0 Å². The molecule has 20 heavy (non-hydrogen) atoms. The zero-order chi connectivity index (χ0) is 14.1. The van der Waals surface area contributed by atoms with Gasteiger partial charge in [0.25, 0.3) is 0 Å². The minimum absolute atomic E-state index is 0.122. The van der Waals surface area contributed by atoms with Crippen molar-refractivity contribution in [2.24, 2.45) is 0 Å². The molecule has 0 bridgehead atoms. The number of aromatic nitrogens is 1. The van der Waals surface area contributed by atoms with Gasteiger partial charge in [0.1, 0.15) is 0 Å². The normalized spacial score (nSPS) is 18.4. The second-order valence-electron chi connectivity index (χ2n) is 4.89. The van der Waals surface area contributed by atoms with Gasteiger partial charge in [0, 0.05) is 36.4 Å². The third kappa shape index (κ3) is 2.49. The smallest absolute Gasteiger partial charge is 0.407 e. The first-order valence-corrected chi connectivity index (χ1v) is 6.80. The van der Waals surface area contributed by atoms with Gasteiger partial charge in [-0.1, -0.05) is 17.7 Å². The lowest BCUT2D eigenvalue weighted by Crippen LogP contribution is -2.30. The first-order chi connectivity index (χ1) is 9.63. The highest BCUT2D eigenvalue weighted by molar-refractivity contribution is 6.35. The summed E-state index contributed by atoms with van der Waals surface area (Å²) in [6.45, 7) is 1.06. The first-order valence-electron chi connectivity index (χ1n) is 6.42. The van der Waals surface area contributed by atoms with Gasteiger partial charge >= 0.3 is 6.09 Å². The van der Waals surface area contributed by atoms with E-state index < -0.39 is 6.09 Å². The minimum Gasteiger partial charge on any atom is -0.465 e. The molecule has 0 radical (unpaired) electrons. The SMILES string of the molecule is O=C(O)N1CC[C@H](Nc2cc(Cl)c3ncccc3c2)C1. The van der Waals surface area contributed by atoms with E-state index in [1.54, 1.807) is 6.20 Å². The molecule has 0 saturated carbocycles. The number of rotatable bonds is 2. The van der Waals surface area contributed by atoms with Crippen LogP contribution in [0.25, 0.3) is 10.9 Å². The molecule has 1 aromatic heterocycles. The van der Waals surface area contributed by atoms with E-state index in [0.29, 0.717) is 18.1 Å². The Bertz CT molecular complexity index is 662. The first kappa shape index (κ1) is 13.0. The Balaban J connectivity index is 1.80. The van der Waals surface area contributed by atoms with Crippen LogP contribution in [0.4, 0.5) is 10.5 Å². The summed E-state index contributed by atoms with van der Waals surface area (Å²) < 4.78 is 0. The van der Waals surface area contributed by atoms with Crippen molar-refractivity contribution in [3.63, 3.8) is 0 Å². The number of carboxylic acid groups (broad SMARTS) is 1. The molecule has 6 heteroatoms. The molecule has 2 N–H and O–H groups in total. The number of pyridine rings is 1. The maximum Gasteiger partial charge on any atom is 0.407 e. The third-order valence-corrected chi connectivity index (χ3v) is 3.78. The largest absolute Gasteiger partial charge is 0.465 e. The molecule has 1 aliphatic heterocycles. The molecular formula is C14H14ClN3O2. The predicted octanol–water partition coefficient (Wildman–Crippen LogP) is 3.05. The van der Waals surface area contributed by atoms with Crippen molar-refractivity contribution in [1.29, 1.82) is 0 Å². The second-order valence-corrected chi connectivity index (χ2v) is 5.30. The molecule has 1 atom stereocenters. The van der Waals surface area contributed by atoms with Gasteiger partial charge in [-0.05, 0) is 24.6 Å². The monoisotopic (exact) mass is 291 g/mol. The van der Waals surface area contributed by atoms with Crippen molar-refractivity contribution in [2.75, 3.05) is 18.4 Å². The molecule has 2 aromatic rings. The van der Waals surface area contributed by atoms with E-state index in [4.69, 9.17) is 16.7 Å². The fraction of sp³-hybridized carbons (Fsp3) is 0.286. The van der Waals surface area contributed by atoms with Crippen LogP contribution in [0, 0.1) is 0 Å². The van der Waals surface area contributed by atoms with Crippen LogP contribution in [-0.4, -0.2) is 40.2 Å². The number of halogens is 1. The standard InChI is InChI=1S/C14H14ClN3O2/c15-12-7-11(6-9-2-1-4-16-13(9)12)17-10-3-5-18(8-10)14(19)20/h1-2,4,6-7,10,17H,3,5,8H2,(H,19,20)/t10-/m0/s1. The summed E-state index contributed by atoms with van der Waals surface area (Å²) in [6, 6.07) is 7.76. The lowest BCUT2D eigenvalue weighted by molar-refractivity contribution is 0.155. The van der Waals surface area contributed by atoms with Crippen molar-refractivity contribution in [3.8, 4) is 0 Å². The molecule has 1 amide bonds. The van der Waals surface area contributed by atoms with Crippen molar-refractivity contribution >= 4 is 34.3 Å². The number of amides is 1. The van der Waals surface area contributed by atoms with Crippen molar-refractivity contribution in [3.05, 3.63) is 35.5 Å². The van der Waals surface area contributed by atoms with Crippen LogP contribution in [-0.2, 0) is 0 Å². The van der Waals surface area contributed by atoms with Gasteiger partial charge in [0.2, 0.25) is 0 Å². The molecule has 1 saturated heterocycles. The maximum atomic E-state index is 10.9. The molecule has 5 nitrogen and oxygen atoms in total. The molecular weight excluding hydrogens is 278 g/mol. The molecule has 1 aromatic carbocycles. The van der Waals surface area contributed by atoms with Crippen molar-refractivity contribution < 1.29 is 9.90 Å². The Kier molecular flexibility index (Phi) is 3.36. The number of anilines is 1. The summed E-state index contributed by atoms with van der Waals surface area (Å²) in [5.74, 6) is 0. The molecule has 0 unspecified atom stereocenters. The van der Waals surface area contributed by atoms with Gasteiger partial charge in [0.05, 0.1) is 10.5 Å². The zero-order valence-electron chi connectivity index (χ0n) is 10.7. The van der Waals surface area contributed by atoms with Gasteiger partial charge < -0.3 is 15.3 Å². The summed E-state index contributed by atoms with van der Waals surface area (Å²) >= 11 is 6.22. The molecule has 104 valence electrons. The quantitative estimate of drug-likeness (QED) is 0.892. The summed E-state index contributed by atoms with van der Waals surface area (Å²) in [4.78, 5) is 16.6. The topological polar surface area (TPSA) is 65.5 Å². The third-order valence-electron chi connectivity index (χ3n) is 3.49. The lowest BCUT2D eigenvalue weighted by Gasteiger charge is -2.15. The fourth-order valence-corrected chi connectivity index (χ4v) is 2.79. The predicted molar refractivity (Wildman–Crippen MR) is 78.4 cm³/mol. The summed E-state index contributed by atoms with van der Waals surface area (Å²) in [5, 5.41) is 13.9. The van der Waals surface area contributed by atoms with Gasteiger partial charge in [-0.3, -0.25) is 4.98 Å². The van der Waals surface area contributed by atoms with E-state index in [1.807, 2.05) is 24.3 Å². The lowest BCUT2D eigenvalue weighted by atomic mass is 10.1. The number of nitrogens with zero attached hydrogens (tertiary/aromatic N) is 2. The zero-order valence-corrected chi connectivity index (χ0v) is 11.5. The molecule has 1 aliphatic rings. The molecule has 0 spiro atoms. The van der Waals surface area contributed by atoms with Gasteiger partial charge in [-0.15, -0.1) is 0 Å². The van der Waals surface area contributed by atoms with E-state index in [2.05, 4.69) is 10.3 Å². The summed E-state index contributed by atoms with van der Waals surface area (Å²) in [5.41, 5.74) is 1.67. The second kappa shape index (κ2) is 5.17. The van der Waals surface area contributed by atoms with Crippen LogP contribution in [0.2, 0.25) is 5.02 Å². The summed E-state index contributed by atoms with van der Waals surface area (Å²) in [7, 11) is 0. The average Bonchev–Trinajstić information content (AvgIpc) is 2.87. The van der Waals surface area contributed by atoms with E-state index in [0.717, 1.165) is 23.0 Å². The van der Waals surface area contributed by atoms with Crippen LogP contribution < -0.4 is 5.32 Å². The molecule has 3 rings (SSSR count). The number of carbonyl (C=O) groups is 1. The Morgan fingerprint density at radius 3 is 3.10 bits per heavy atom. The van der Waals surface area contributed by atoms with Crippen LogP contribution in [0.3, 0.4) is 0 Å². The van der Waals surface area contributed by atoms with Gasteiger partial charge in [-0.25, -0.2) is 4.79 Å². The highest BCUT2D eigenvalue weighted by Crippen LogP contribution is 2.27. The Morgan fingerprint density at radius 2 is 2.35 bits per heavy atom. The van der Waals surface area contributed by atoms with Gasteiger partial charge in [0.15, 0.2) is 0 Å². The Labute approximate surface area is 121 Å². The summed E-state index contributed by atoms with van der Waals surface area (Å²) in [6.07, 6.45) is 1.65. The number of benzene rings is 1. The molecule has 2 heterocycles. The number of hydrogen-bond donors (Lipinski definition) is 2. The van der Waals surface area contributed by atoms with Crippen LogP contribution in [0.15, 0.2) is 30.5 Å².